The Morgan fingerprint density at radius 1 is 1.40 bits per heavy atom. The van der Waals surface area contributed by atoms with Crippen molar-refractivity contribution in [2.75, 3.05) is 23.8 Å². The minimum absolute atomic E-state index is 0.0524. The average Bonchev–Trinajstić information content (AvgIpc) is 3.26. The fraction of sp³-hybridized carbons (Fsp3) is 0.389. The summed E-state index contributed by atoms with van der Waals surface area (Å²) in [4.78, 5) is 31.7. The molecule has 2 aromatic rings. The van der Waals surface area contributed by atoms with Gasteiger partial charge in [0, 0.05) is 50.8 Å². The lowest BCUT2D eigenvalue weighted by Crippen LogP contribution is -2.40. The summed E-state index contributed by atoms with van der Waals surface area (Å²) in [5, 5.41) is 2.95. The van der Waals surface area contributed by atoms with Crippen LogP contribution in [0, 0.1) is 0 Å². The van der Waals surface area contributed by atoms with E-state index in [4.69, 9.17) is 0 Å². The molecule has 1 aliphatic rings. The molecule has 0 aliphatic carbocycles. The van der Waals surface area contributed by atoms with Crippen molar-refractivity contribution in [3.8, 4) is 0 Å². The quantitative estimate of drug-likeness (QED) is 0.929. The van der Waals surface area contributed by atoms with Gasteiger partial charge in [-0.25, -0.2) is 9.78 Å². The molecule has 3 rings (SSSR count). The number of anilines is 2. The SMILES string of the molecule is CC(=O)N(C)c1cccc(NC(=O)N2CCCC2Cn2ccnc2)c1. The lowest BCUT2D eigenvalue weighted by atomic mass is 10.2. The molecule has 1 fully saturated rings. The summed E-state index contributed by atoms with van der Waals surface area (Å²) in [6.07, 6.45) is 7.42. The Bertz CT molecular complexity index is 744. The van der Waals surface area contributed by atoms with E-state index in [0.717, 1.165) is 31.6 Å². The largest absolute Gasteiger partial charge is 0.335 e. The molecule has 1 aromatic heterocycles. The van der Waals surface area contributed by atoms with Gasteiger partial charge < -0.3 is 19.7 Å². The first-order valence-corrected chi connectivity index (χ1v) is 8.42. The van der Waals surface area contributed by atoms with Gasteiger partial charge in [-0.3, -0.25) is 4.79 Å². The smallest absolute Gasteiger partial charge is 0.322 e. The van der Waals surface area contributed by atoms with Crippen LogP contribution < -0.4 is 10.2 Å². The summed E-state index contributed by atoms with van der Waals surface area (Å²) in [7, 11) is 1.71. The van der Waals surface area contributed by atoms with Crippen molar-refractivity contribution >= 4 is 23.3 Å². The van der Waals surface area contributed by atoms with Crippen molar-refractivity contribution in [1.82, 2.24) is 14.5 Å². The molecule has 1 aliphatic heterocycles. The second-order valence-electron chi connectivity index (χ2n) is 6.31. The van der Waals surface area contributed by atoms with Crippen LogP contribution in [0.2, 0.25) is 0 Å². The molecule has 1 aromatic carbocycles. The van der Waals surface area contributed by atoms with Crippen LogP contribution in [0.5, 0.6) is 0 Å². The van der Waals surface area contributed by atoms with Crippen molar-refractivity contribution in [2.45, 2.75) is 32.4 Å². The van der Waals surface area contributed by atoms with E-state index >= 15 is 0 Å². The molecule has 0 spiro atoms. The van der Waals surface area contributed by atoms with Gasteiger partial charge in [-0.2, -0.15) is 0 Å². The summed E-state index contributed by atoms with van der Waals surface area (Å²) in [5.41, 5.74) is 1.44. The summed E-state index contributed by atoms with van der Waals surface area (Å²) >= 11 is 0. The van der Waals surface area contributed by atoms with Gasteiger partial charge in [0.15, 0.2) is 0 Å². The van der Waals surface area contributed by atoms with Crippen LogP contribution in [0.1, 0.15) is 19.8 Å². The predicted molar refractivity (Wildman–Crippen MR) is 96.5 cm³/mol. The van der Waals surface area contributed by atoms with Gasteiger partial charge >= 0.3 is 6.03 Å². The molecule has 3 amide bonds. The molecule has 1 N–H and O–H groups in total. The third kappa shape index (κ3) is 3.99. The van der Waals surface area contributed by atoms with Crippen molar-refractivity contribution in [3.63, 3.8) is 0 Å². The molecule has 1 saturated heterocycles. The minimum atomic E-state index is -0.106. The van der Waals surface area contributed by atoms with Gasteiger partial charge in [0.2, 0.25) is 5.91 Å². The number of hydrogen-bond acceptors (Lipinski definition) is 3. The van der Waals surface area contributed by atoms with E-state index in [1.165, 1.54) is 6.92 Å². The van der Waals surface area contributed by atoms with Gasteiger partial charge in [0.1, 0.15) is 0 Å². The zero-order chi connectivity index (χ0) is 17.8. The van der Waals surface area contributed by atoms with E-state index in [9.17, 15) is 9.59 Å². The van der Waals surface area contributed by atoms with Crippen LogP contribution in [0.25, 0.3) is 0 Å². The van der Waals surface area contributed by atoms with Crippen LogP contribution in [0.15, 0.2) is 43.0 Å². The van der Waals surface area contributed by atoms with Crippen molar-refractivity contribution < 1.29 is 9.59 Å². The Hall–Kier alpha value is -2.83. The molecule has 1 atom stereocenters. The molecule has 7 heteroatoms. The van der Waals surface area contributed by atoms with E-state index < -0.39 is 0 Å². The average molecular weight is 341 g/mol. The number of benzene rings is 1. The summed E-state index contributed by atoms with van der Waals surface area (Å²) < 4.78 is 2.00. The second kappa shape index (κ2) is 7.38. The lowest BCUT2D eigenvalue weighted by Gasteiger charge is -2.25. The number of aromatic nitrogens is 2. The highest BCUT2D eigenvalue weighted by Crippen LogP contribution is 2.22. The highest BCUT2D eigenvalue weighted by atomic mass is 16.2. The third-order valence-corrected chi connectivity index (χ3v) is 4.58. The summed E-state index contributed by atoms with van der Waals surface area (Å²) in [6, 6.07) is 7.37. The zero-order valence-corrected chi connectivity index (χ0v) is 14.6. The molecule has 2 heterocycles. The van der Waals surface area contributed by atoms with E-state index in [0.29, 0.717) is 5.69 Å². The first-order chi connectivity index (χ1) is 12.0. The number of likely N-dealkylation sites (tertiary alicyclic amines) is 1. The maximum absolute atomic E-state index is 12.7. The first kappa shape index (κ1) is 17.0. The fourth-order valence-corrected chi connectivity index (χ4v) is 3.10. The van der Waals surface area contributed by atoms with Gasteiger partial charge in [-0.15, -0.1) is 0 Å². The standard InChI is InChI=1S/C18H23N5O2/c1-14(24)21(2)16-6-3-5-15(11-16)20-18(25)23-9-4-7-17(23)12-22-10-8-19-13-22/h3,5-6,8,10-11,13,17H,4,7,9,12H2,1-2H3,(H,20,25). The number of hydrogen-bond donors (Lipinski definition) is 1. The molecule has 7 nitrogen and oxygen atoms in total. The maximum Gasteiger partial charge on any atom is 0.322 e. The van der Waals surface area contributed by atoms with E-state index in [-0.39, 0.29) is 18.0 Å². The Kier molecular flexibility index (Phi) is 5.02. The number of urea groups is 1. The monoisotopic (exact) mass is 341 g/mol. The number of rotatable bonds is 4. The number of nitrogens with one attached hydrogen (secondary N) is 1. The van der Waals surface area contributed by atoms with E-state index in [1.54, 1.807) is 30.5 Å². The molecular formula is C18H23N5O2. The molecule has 25 heavy (non-hydrogen) atoms. The Balaban J connectivity index is 1.67. The summed E-state index contributed by atoms with van der Waals surface area (Å²) in [6.45, 7) is 3.01. The number of imidazole rings is 1. The first-order valence-electron chi connectivity index (χ1n) is 8.42. The Morgan fingerprint density at radius 3 is 2.96 bits per heavy atom. The minimum Gasteiger partial charge on any atom is -0.335 e. The molecule has 132 valence electrons. The van der Waals surface area contributed by atoms with Gasteiger partial charge in [0.25, 0.3) is 0 Å². The molecule has 1 unspecified atom stereocenters. The highest BCUT2D eigenvalue weighted by Gasteiger charge is 2.29. The zero-order valence-electron chi connectivity index (χ0n) is 14.6. The topological polar surface area (TPSA) is 70.5 Å². The van der Waals surface area contributed by atoms with Crippen LogP contribution in [-0.4, -0.2) is 46.0 Å². The number of amides is 3. The van der Waals surface area contributed by atoms with Crippen LogP contribution in [-0.2, 0) is 11.3 Å². The van der Waals surface area contributed by atoms with Crippen molar-refractivity contribution in [1.29, 1.82) is 0 Å². The predicted octanol–water partition coefficient (Wildman–Crippen LogP) is 2.56. The molecular weight excluding hydrogens is 318 g/mol. The molecule has 0 radical (unpaired) electrons. The van der Waals surface area contributed by atoms with Gasteiger partial charge in [-0.05, 0) is 31.0 Å². The molecule has 0 bridgehead atoms. The van der Waals surface area contributed by atoms with Crippen LogP contribution >= 0.6 is 0 Å². The third-order valence-electron chi connectivity index (χ3n) is 4.58. The van der Waals surface area contributed by atoms with Crippen molar-refractivity contribution in [3.05, 3.63) is 43.0 Å². The number of carbonyl (C=O) groups is 2. The Labute approximate surface area is 147 Å². The number of nitrogens with zero attached hydrogens (tertiary/aromatic N) is 4. The Morgan fingerprint density at radius 2 is 2.24 bits per heavy atom. The van der Waals surface area contributed by atoms with Crippen molar-refractivity contribution in [2.24, 2.45) is 0 Å². The van der Waals surface area contributed by atoms with Gasteiger partial charge in [0.05, 0.1) is 12.4 Å². The summed E-state index contributed by atoms with van der Waals surface area (Å²) in [5.74, 6) is -0.0524. The molecule has 0 saturated carbocycles. The fourth-order valence-electron chi connectivity index (χ4n) is 3.10. The van der Waals surface area contributed by atoms with Crippen LogP contribution in [0.4, 0.5) is 16.2 Å². The highest BCUT2D eigenvalue weighted by molar-refractivity contribution is 5.93. The normalized spacial score (nSPS) is 16.7. The van der Waals surface area contributed by atoms with E-state index in [1.807, 2.05) is 33.9 Å². The van der Waals surface area contributed by atoms with E-state index in [2.05, 4.69) is 10.3 Å². The second-order valence-corrected chi connectivity index (χ2v) is 6.31. The van der Waals surface area contributed by atoms with Gasteiger partial charge in [-0.1, -0.05) is 6.07 Å². The lowest BCUT2D eigenvalue weighted by molar-refractivity contribution is -0.116. The number of carbonyl (C=O) groups excluding carboxylic acids is 2. The van der Waals surface area contributed by atoms with Crippen LogP contribution in [0.3, 0.4) is 0 Å². The maximum atomic E-state index is 12.7.